The molecule has 0 aliphatic heterocycles. The maximum Gasteiger partial charge on any atom is 0.260 e. The summed E-state index contributed by atoms with van der Waals surface area (Å²) in [6.45, 7) is 5.36. The zero-order valence-corrected chi connectivity index (χ0v) is 13.3. The van der Waals surface area contributed by atoms with Gasteiger partial charge in [-0.05, 0) is 38.8 Å². The number of para-hydroxylation sites is 1. The summed E-state index contributed by atoms with van der Waals surface area (Å²) < 4.78 is 5.77. The van der Waals surface area contributed by atoms with Crippen LogP contribution in [0.4, 0.5) is 0 Å². The van der Waals surface area contributed by atoms with Gasteiger partial charge in [0.1, 0.15) is 5.75 Å². The van der Waals surface area contributed by atoms with Gasteiger partial charge in [-0.25, -0.2) is 0 Å². The minimum Gasteiger partial charge on any atom is -0.483 e. The van der Waals surface area contributed by atoms with Gasteiger partial charge < -0.3 is 15.0 Å². The Kier molecular flexibility index (Phi) is 5.62. The van der Waals surface area contributed by atoms with Gasteiger partial charge in [-0.2, -0.15) is 0 Å². The Morgan fingerprint density at radius 2 is 2.14 bits per heavy atom. The highest BCUT2D eigenvalue weighted by Gasteiger charge is 2.29. The fourth-order valence-corrected chi connectivity index (χ4v) is 2.35. The Balaban J connectivity index is 1.94. The van der Waals surface area contributed by atoms with Gasteiger partial charge in [-0.1, -0.05) is 25.1 Å². The van der Waals surface area contributed by atoms with E-state index in [-0.39, 0.29) is 18.6 Å². The Morgan fingerprint density at radius 1 is 1.43 bits per heavy atom. The van der Waals surface area contributed by atoms with Crippen LogP contribution in [0, 0.1) is 0 Å². The lowest BCUT2D eigenvalue weighted by Gasteiger charge is -2.20. The Labute approximate surface area is 127 Å². The average molecular weight is 290 g/mol. The number of benzene rings is 1. The molecule has 21 heavy (non-hydrogen) atoms. The van der Waals surface area contributed by atoms with E-state index in [1.165, 1.54) is 0 Å². The van der Waals surface area contributed by atoms with Crippen molar-refractivity contribution in [1.29, 1.82) is 0 Å². The highest BCUT2D eigenvalue weighted by Crippen LogP contribution is 2.27. The summed E-state index contributed by atoms with van der Waals surface area (Å²) in [6.07, 6.45) is 3.34. The number of amides is 1. The molecule has 0 radical (unpaired) electrons. The normalized spacial score (nSPS) is 15.6. The largest absolute Gasteiger partial charge is 0.483 e. The molecular formula is C17H26N2O2. The SMILES string of the molecule is CCCNC(C)c1ccccc1OCC(=O)N(C)C1CC1. The monoisotopic (exact) mass is 290 g/mol. The standard InChI is InChI=1S/C17H26N2O2/c1-4-11-18-13(2)15-7-5-6-8-16(15)21-12-17(20)19(3)14-9-10-14/h5-8,13-14,18H,4,9-12H2,1-3H3. The Bertz CT molecular complexity index is 472. The summed E-state index contributed by atoms with van der Waals surface area (Å²) in [7, 11) is 1.86. The second kappa shape index (κ2) is 7.46. The van der Waals surface area contributed by atoms with Crippen molar-refractivity contribution in [1.82, 2.24) is 10.2 Å². The molecule has 1 amide bonds. The summed E-state index contributed by atoms with van der Waals surface area (Å²) in [5.41, 5.74) is 1.10. The molecule has 2 rings (SSSR count). The first-order chi connectivity index (χ1) is 10.1. The van der Waals surface area contributed by atoms with Crippen molar-refractivity contribution in [2.24, 2.45) is 0 Å². The van der Waals surface area contributed by atoms with Crippen molar-refractivity contribution >= 4 is 5.91 Å². The lowest BCUT2D eigenvalue weighted by Crippen LogP contribution is -2.33. The van der Waals surface area contributed by atoms with Gasteiger partial charge in [0.2, 0.25) is 0 Å². The molecular weight excluding hydrogens is 264 g/mol. The summed E-state index contributed by atoms with van der Waals surface area (Å²) >= 11 is 0. The Hall–Kier alpha value is -1.55. The molecule has 0 aromatic heterocycles. The third-order valence-electron chi connectivity index (χ3n) is 3.93. The van der Waals surface area contributed by atoms with E-state index in [4.69, 9.17) is 4.74 Å². The minimum absolute atomic E-state index is 0.0569. The molecule has 1 unspecified atom stereocenters. The van der Waals surface area contributed by atoms with E-state index in [1.54, 1.807) is 4.90 Å². The van der Waals surface area contributed by atoms with Crippen LogP contribution in [-0.4, -0.2) is 37.0 Å². The van der Waals surface area contributed by atoms with Gasteiger partial charge >= 0.3 is 0 Å². The first-order valence-corrected chi connectivity index (χ1v) is 7.84. The molecule has 1 aliphatic rings. The third kappa shape index (κ3) is 4.46. The average Bonchev–Trinajstić information content (AvgIpc) is 3.34. The number of nitrogens with one attached hydrogen (secondary N) is 1. The van der Waals surface area contributed by atoms with Crippen molar-refractivity contribution in [3.05, 3.63) is 29.8 Å². The second-order valence-corrected chi connectivity index (χ2v) is 5.74. The van der Waals surface area contributed by atoms with Crippen LogP contribution in [0.5, 0.6) is 5.75 Å². The van der Waals surface area contributed by atoms with Crippen molar-refractivity contribution in [2.75, 3.05) is 20.2 Å². The molecule has 1 fully saturated rings. The molecule has 0 spiro atoms. The van der Waals surface area contributed by atoms with Gasteiger partial charge in [0, 0.05) is 24.7 Å². The van der Waals surface area contributed by atoms with Crippen molar-refractivity contribution in [2.45, 2.75) is 45.2 Å². The number of rotatable bonds is 8. The smallest absolute Gasteiger partial charge is 0.260 e. The summed E-state index contributed by atoms with van der Waals surface area (Å²) in [6, 6.07) is 8.59. The van der Waals surface area contributed by atoms with Gasteiger partial charge in [0.25, 0.3) is 5.91 Å². The van der Waals surface area contributed by atoms with Gasteiger partial charge in [-0.15, -0.1) is 0 Å². The maximum absolute atomic E-state index is 12.0. The first-order valence-electron chi connectivity index (χ1n) is 7.84. The fraction of sp³-hybridized carbons (Fsp3) is 0.588. The summed E-state index contributed by atoms with van der Waals surface area (Å²) in [5, 5.41) is 3.45. The zero-order valence-electron chi connectivity index (χ0n) is 13.3. The molecule has 4 nitrogen and oxygen atoms in total. The van der Waals surface area contributed by atoms with Crippen LogP contribution in [0.15, 0.2) is 24.3 Å². The number of nitrogens with zero attached hydrogens (tertiary/aromatic N) is 1. The van der Waals surface area contributed by atoms with Gasteiger partial charge in [-0.3, -0.25) is 4.79 Å². The number of hydrogen-bond acceptors (Lipinski definition) is 3. The van der Waals surface area contributed by atoms with Crippen LogP contribution < -0.4 is 10.1 Å². The molecule has 0 heterocycles. The maximum atomic E-state index is 12.0. The molecule has 4 heteroatoms. The predicted molar refractivity (Wildman–Crippen MR) is 84.4 cm³/mol. The molecule has 1 aromatic rings. The topological polar surface area (TPSA) is 41.6 Å². The van der Waals surface area contributed by atoms with Crippen molar-refractivity contribution in [3.63, 3.8) is 0 Å². The third-order valence-corrected chi connectivity index (χ3v) is 3.93. The van der Waals surface area contributed by atoms with Gasteiger partial charge in [0.05, 0.1) is 0 Å². The van der Waals surface area contributed by atoms with E-state index in [0.717, 1.165) is 37.1 Å². The van der Waals surface area contributed by atoms with Crippen molar-refractivity contribution < 1.29 is 9.53 Å². The van der Waals surface area contributed by atoms with Crippen LogP contribution in [0.1, 0.15) is 44.7 Å². The van der Waals surface area contributed by atoms with E-state index in [1.807, 2.05) is 25.2 Å². The van der Waals surface area contributed by atoms with Crippen LogP contribution in [0.25, 0.3) is 0 Å². The molecule has 0 saturated heterocycles. The van der Waals surface area contributed by atoms with Crippen LogP contribution >= 0.6 is 0 Å². The molecule has 1 atom stereocenters. The van der Waals surface area contributed by atoms with Gasteiger partial charge in [0.15, 0.2) is 6.61 Å². The van der Waals surface area contributed by atoms with E-state index in [9.17, 15) is 4.79 Å². The lowest BCUT2D eigenvalue weighted by molar-refractivity contribution is -0.132. The molecule has 1 saturated carbocycles. The van der Waals surface area contributed by atoms with Crippen molar-refractivity contribution in [3.8, 4) is 5.75 Å². The lowest BCUT2D eigenvalue weighted by atomic mass is 10.1. The predicted octanol–water partition coefficient (Wildman–Crippen LogP) is 2.75. The highest BCUT2D eigenvalue weighted by atomic mass is 16.5. The van der Waals surface area contributed by atoms with E-state index >= 15 is 0 Å². The van der Waals surface area contributed by atoms with Crippen LogP contribution in [0.3, 0.4) is 0 Å². The van der Waals surface area contributed by atoms with Crippen LogP contribution in [-0.2, 0) is 4.79 Å². The van der Waals surface area contributed by atoms with E-state index < -0.39 is 0 Å². The van der Waals surface area contributed by atoms with E-state index in [2.05, 4.69) is 25.2 Å². The zero-order chi connectivity index (χ0) is 15.2. The number of ether oxygens (including phenoxy) is 1. The van der Waals surface area contributed by atoms with E-state index in [0.29, 0.717) is 6.04 Å². The second-order valence-electron chi connectivity index (χ2n) is 5.74. The molecule has 1 aromatic carbocycles. The summed E-state index contributed by atoms with van der Waals surface area (Å²) in [4.78, 5) is 13.8. The number of hydrogen-bond donors (Lipinski definition) is 1. The number of carbonyl (C=O) groups is 1. The number of likely N-dealkylation sites (N-methyl/N-ethyl adjacent to an activating group) is 1. The molecule has 1 aliphatic carbocycles. The fourth-order valence-electron chi connectivity index (χ4n) is 2.35. The molecule has 1 N–H and O–H groups in total. The first kappa shape index (κ1) is 15.8. The van der Waals surface area contributed by atoms with Crippen LogP contribution in [0.2, 0.25) is 0 Å². The molecule has 0 bridgehead atoms. The highest BCUT2D eigenvalue weighted by molar-refractivity contribution is 5.78. The molecule has 116 valence electrons. The quantitative estimate of drug-likeness (QED) is 0.800. The minimum atomic E-state index is 0.0569. The Morgan fingerprint density at radius 3 is 2.81 bits per heavy atom. The number of carbonyl (C=O) groups excluding carboxylic acids is 1. The summed E-state index contributed by atoms with van der Waals surface area (Å²) in [5.74, 6) is 0.854.